The van der Waals surface area contributed by atoms with Crippen molar-refractivity contribution in [3.05, 3.63) is 96.1 Å². The minimum absolute atomic E-state index is 0. The normalized spacial score (nSPS) is 23.1. The average Bonchev–Trinajstić information content (AvgIpc) is 3.46. The Kier molecular flexibility index (Phi) is 14.6. The van der Waals surface area contributed by atoms with E-state index in [1.165, 1.54) is 0 Å². The molecular weight excluding hydrogens is 518 g/mol. The summed E-state index contributed by atoms with van der Waals surface area (Å²) < 4.78 is 28.5. The van der Waals surface area contributed by atoms with Gasteiger partial charge in [-0.05, 0) is 6.08 Å². The second kappa shape index (κ2) is 15.7. The van der Waals surface area contributed by atoms with Crippen molar-refractivity contribution in [3.63, 3.8) is 0 Å². The van der Waals surface area contributed by atoms with Gasteiger partial charge in [0.2, 0.25) is 0 Å². The summed E-state index contributed by atoms with van der Waals surface area (Å²) in [5.41, 5.74) is 0.846. The molecule has 0 aromatic heterocycles. The van der Waals surface area contributed by atoms with E-state index in [1.807, 2.05) is 24.3 Å². The monoisotopic (exact) mass is 540 g/mol. The van der Waals surface area contributed by atoms with Crippen molar-refractivity contribution in [3.8, 4) is 0 Å². The molecule has 33 heavy (non-hydrogen) atoms. The molecule has 1 fully saturated rings. The fraction of sp³-hybridized carbons (Fsp3) is 0.200. The minimum Gasteiger partial charge on any atom is -0.781 e. The first-order valence-corrected chi connectivity index (χ1v) is 12.5. The van der Waals surface area contributed by atoms with Crippen molar-refractivity contribution in [2.75, 3.05) is 0 Å². The molecule has 0 spiro atoms. The van der Waals surface area contributed by atoms with E-state index in [0.29, 0.717) is 16.4 Å². The van der Waals surface area contributed by atoms with Crippen LogP contribution in [0.15, 0.2) is 85.0 Å². The van der Waals surface area contributed by atoms with Crippen LogP contribution in [-0.2, 0) is 18.2 Å². The number of fused-ring (bicyclic) bond motifs is 1. The van der Waals surface area contributed by atoms with Gasteiger partial charge in [-0.1, -0.05) is 78.9 Å². The van der Waals surface area contributed by atoms with Crippen LogP contribution < -0.4 is 9.79 Å². The van der Waals surface area contributed by atoms with Gasteiger partial charge in [0.25, 0.3) is 0 Å². The number of aliphatic hydroxyl groups is 3. The molecule has 1 saturated heterocycles. The van der Waals surface area contributed by atoms with Gasteiger partial charge in [-0.2, -0.15) is 0 Å². The zero-order valence-electron chi connectivity index (χ0n) is 17.2. The van der Waals surface area contributed by atoms with Crippen LogP contribution in [0.5, 0.6) is 0 Å². The fourth-order valence-corrected chi connectivity index (χ4v) is 3.85. The van der Waals surface area contributed by atoms with Crippen LogP contribution in [-0.4, -0.2) is 63.2 Å². The van der Waals surface area contributed by atoms with Gasteiger partial charge in [0.1, 0.15) is 21.4 Å². The molecular formula is C20H22CaO9P2S. The third-order valence-electron chi connectivity index (χ3n) is 3.98. The van der Waals surface area contributed by atoms with E-state index in [1.54, 1.807) is 72.4 Å². The van der Waals surface area contributed by atoms with Crippen molar-refractivity contribution >= 4 is 66.0 Å². The van der Waals surface area contributed by atoms with Crippen LogP contribution in [0.1, 0.15) is 23.7 Å². The number of allylic oxidation sites excluding steroid dienone is 2. The summed E-state index contributed by atoms with van der Waals surface area (Å²) in [6.45, 7) is 0. The maximum absolute atomic E-state index is 10.1. The molecule has 2 aliphatic rings. The summed E-state index contributed by atoms with van der Waals surface area (Å²) in [6, 6.07) is 16.6. The second-order valence-electron chi connectivity index (χ2n) is 6.30. The molecule has 3 N–H and O–H groups in total. The van der Waals surface area contributed by atoms with Gasteiger partial charge in [-0.25, -0.2) is 0 Å². The molecule has 2 aromatic rings. The SMILES string of the molecule is O=[PH]([O-])OC(O)c1ccccc1.O=[PH]([O-])OC(O)c1ccccc1.OC12C=CC=CC1S2.[Ca+2]. The van der Waals surface area contributed by atoms with Crippen LogP contribution in [0, 0.1) is 0 Å². The molecule has 0 amide bonds. The van der Waals surface area contributed by atoms with Gasteiger partial charge in [0.05, 0.1) is 5.25 Å². The maximum Gasteiger partial charge on any atom is 2.00 e. The molecule has 13 heteroatoms. The largest absolute Gasteiger partial charge is 2.00 e. The van der Waals surface area contributed by atoms with E-state index in [4.69, 9.17) is 10.2 Å². The number of rotatable bonds is 6. The Morgan fingerprint density at radius 2 is 1.27 bits per heavy atom. The van der Waals surface area contributed by atoms with Gasteiger partial charge in [-0.15, -0.1) is 11.8 Å². The van der Waals surface area contributed by atoms with Crippen LogP contribution in [0.3, 0.4) is 0 Å². The average molecular weight is 540 g/mol. The Morgan fingerprint density at radius 3 is 1.58 bits per heavy atom. The van der Waals surface area contributed by atoms with Crippen molar-refractivity contribution in [2.24, 2.45) is 0 Å². The molecule has 9 nitrogen and oxygen atoms in total. The van der Waals surface area contributed by atoms with Crippen molar-refractivity contribution in [1.82, 2.24) is 0 Å². The molecule has 4 rings (SSSR count). The van der Waals surface area contributed by atoms with Crippen LogP contribution in [0.25, 0.3) is 0 Å². The van der Waals surface area contributed by atoms with Crippen LogP contribution >= 0.6 is 28.3 Å². The zero-order chi connectivity index (χ0) is 23.6. The van der Waals surface area contributed by atoms with Gasteiger partial charge in [0.15, 0.2) is 12.6 Å². The third kappa shape index (κ3) is 11.8. The second-order valence-corrected chi connectivity index (χ2v) is 9.17. The minimum atomic E-state index is -3.33. The topological polar surface area (TPSA) is 159 Å². The van der Waals surface area contributed by atoms with E-state index in [2.05, 4.69) is 9.05 Å². The van der Waals surface area contributed by atoms with Gasteiger partial charge >= 0.3 is 37.7 Å². The van der Waals surface area contributed by atoms with Gasteiger partial charge in [0, 0.05) is 11.1 Å². The molecule has 1 heterocycles. The molecule has 2 aromatic carbocycles. The Bertz CT molecular complexity index is 892. The fourth-order valence-electron chi connectivity index (χ4n) is 2.39. The molecule has 1 aliphatic carbocycles. The molecule has 6 unspecified atom stereocenters. The van der Waals surface area contributed by atoms with E-state index in [-0.39, 0.29) is 37.7 Å². The standard InChI is InChI=1S/2C7H9O4P.C6H6OS.Ca/c2*8-7(11-12(9)10)6-4-2-1-3-5-6;7-6-4-2-1-3-5(6)8-6;/h2*1-5,7-8,12H,(H,9,10);1-5,7H;/q;;;+2/p-2. The van der Waals surface area contributed by atoms with Crippen molar-refractivity contribution in [1.29, 1.82) is 0 Å². The Hall–Kier alpha value is -0.290. The number of hydrogen-bond acceptors (Lipinski definition) is 10. The third-order valence-corrected chi connectivity index (χ3v) is 6.10. The quantitative estimate of drug-likeness (QED) is 0.212. The first kappa shape index (κ1) is 30.7. The van der Waals surface area contributed by atoms with Crippen molar-refractivity contribution < 1.29 is 43.3 Å². The molecule has 0 bridgehead atoms. The Labute approximate surface area is 226 Å². The Morgan fingerprint density at radius 1 is 0.848 bits per heavy atom. The predicted octanol–water partition coefficient (Wildman–Crippen LogP) is 1.42. The zero-order valence-corrected chi connectivity index (χ0v) is 22.2. The summed E-state index contributed by atoms with van der Waals surface area (Å²) in [4.78, 5) is 19.6. The van der Waals surface area contributed by atoms with Gasteiger partial charge in [-0.3, -0.25) is 0 Å². The van der Waals surface area contributed by atoms with E-state index < -0.39 is 34.0 Å². The van der Waals surface area contributed by atoms with Crippen LogP contribution in [0.2, 0.25) is 0 Å². The number of hydrogen-bond donors (Lipinski definition) is 3. The molecule has 6 atom stereocenters. The number of thioether (sulfide) groups is 1. The summed E-state index contributed by atoms with van der Waals surface area (Å²) >= 11 is 1.58. The smallest absolute Gasteiger partial charge is 0.781 e. The summed E-state index contributed by atoms with van der Waals surface area (Å²) in [5.74, 6) is 0. The van der Waals surface area contributed by atoms with Gasteiger partial charge < -0.3 is 43.3 Å². The molecule has 1 aliphatic heterocycles. The van der Waals surface area contributed by atoms with Crippen LogP contribution in [0.4, 0.5) is 0 Å². The first-order valence-electron chi connectivity index (χ1n) is 9.19. The summed E-state index contributed by atoms with van der Waals surface area (Å²) in [6.07, 6.45) is 4.95. The first-order chi connectivity index (χ1) is 15.2. The van der Waals surface area contributed by atoms with Crippen molar-refractivity contribution in [2.45, 2.75) is 22.8 Å². The molecule has 0 saturated carbocycles. The maximum atomic E-state index is 10.1. The van der Waals surface area contributed by atoms with E-state index in [9.17, 15) is 24.0 Å². The van der Waals surface area contributed by atoms with E-state index in [0.717, 1.165) is 0 Å². The predicted molar refractivity (Wildman–Crippen MR) is 123 cm³/mol. The summed E-state index contributed by atoms with van der Waals surface area (Å²) in [7, 11) is -6.66. The van der Waals surface area contributed by atoms with E-state index >= 15 is 0 Å². The summed E-state index contributed by atoms with van der Waals surface area (Å²) in [5, 5.41) is 27.8. The Balaban J connectivity index is 0.000000248. The molecule has 174 valence electrons. The number of aliphatic hydroxyl groups excluding tert-OH is 2. The number of benzene rings is 2. The molecule has 0 radical (unpaired) electrons.